The number of amides is 5. The predicted molar refractivity (Wildman–Crippen MR) is 70.4 cm³/mol. The molecule has 21 heavy (non-hydrogen) atoms. The molecule has 0 aromatic carbocycles. The molecule has 3 N–H and O–H groups in total. The molecule has 9 nitrogen and oxygen atoms in total. The van der Waals surface area contributed by atoms with E-state index in [4.69, 9.17) is 5.73 Å². The Morgan fingerprint density at radius 1 is 1.33 bits per heavy atom. The summed E-state index contributed by atoms with van der Waals surface area (Å²) in [6, 6.07) is -1.92. The number of nitrogens with one attached hydrogen (secondary N) is 1. The molecule has 1 saturated heterocycles. The molecular weight excluding hydrogens is 280 g/mol. The highest BCUT2D eigenvalue weighted by molar-refractivity contribution is 6.38. The number of nitrogens with zero attached hydrogens (tertiary/aromatic N) is 2. The number of nitrogens with two attached hydrogens (primary N) is 1. The number of piperazine rings is 1. The van der Waals surface area contributed by atoms with Crippen LogP contribution in [0.3, 0.4) is 0 Å². The van der Waals surface area contributed by atoms with E-state index >= 15 is 0 Å². The Morgan fingerprint density at radius 3 is 2.52 bits per heavy atom. The molecule has 0 bridgehead atoms. The Hall–Kier alpha value is -2.45. The number of hydrogen-bond donors (Lipinski definition) is 2. The first kappa shape index (κ1) is 16.6. The summed E-state index contributed by atoms with van der Waals surface area (Å²) in [5, 5.41) is 2.24. The van der Waals surface area contributed by atoms with Crippen LogP contribution in [-0.4, -0.2) is 65.5 Å². The van der Waals surface area contributed by atoms with Gasteiger partial charge in [-0.2, -0.15) is 0 Å². The Labute approximate surface area is 121 Å². The van der Waals surface area contributed by atoms with Crippen LogP contribution in [0.25, 0.3) is 0 Å². The van der Waals surface area contributed by atoms with Gasteiger partial charge in [0.15, 0.2) is 0 Å². The molecule has 115 valence electrons. The average Bonchev–Trinajstić information content (AvgIpc) is 2.45. The minimum Gasteiger partial charge on any atom is -0.370 e. The number of likely N-dealkylation sites (N-methyl/N-ethyl adjacent to an activating group) is 1. The highest BCUT2D eigenvalue weighted by Gasteiger charge is 2.35. The molecule has 0 aliphatic carbocycles. The Bertz CT molecular complexity index is 465. The number of carbonyl (C=O) groups is 4. The maximum Gasteiger partial charge on any atom is 0.325 e. The van der Waals surface area contributed by atoms with Crippen molar-refractivity contribution in [3.05, 3.63) is 0 Å². The van der Waals surface area contributed by atoms with Crippen LogP contribution >= 0.6 is 0 Å². The lowest BCUT2D eigenvalue weighted by molar-refractivity contribution is -0.153. The lowest BCUT2D eigenvalue weighted by Crippen LogP contribution is -2.59. The van der Waals surface area contributed by atoms with Crippen LogP contribution in [-0.2, 0) is 19.2 Å². The fourth-order valence-corrected chi connectivity index (χ4v) is 1.84. The van der Waals surface area contributed by atoms with E-state index in [0.29, 0.717) is 6.54 Å². The van der Waals surface area contributed by atoms with Crippen LogP contribution in [0.2, 0.25) is 0 Å². The van der Waals surface area contributed by atoms with E-state index in [9.17, 15) is 24.0 Å². The van der Waals surface area contributed by atoms with E-state index in [2.05, 4.69) is 5.32 Å². The van der Waals surface area contributed by atoms with Gasteiger partial charge in [0.1, 0.15) is 0 Å². The molecule has 1 atom stereocenters. The topological polar surface area (TPSA) is 130 Å². The van der Waals surface area contributed by atoms with Crippen LogP contribution in [0.15, 0.2) is 0 Å². The number of carbonyl (C=O) groups excluding carboxylic acids is 5. The second-order valence-electron chi connectivity index (χ2n) is 4.47. The minimum atomic E-state index is -1.06. The third kappa shape index (κ3) is 4.26. The van der Waals surface area contributed by atoms with Crippen molar-refractivity contribution >= 4 is 30.0 Å². The molecule has 0 aromatic rings. The van der Waals surface area contributed by atoms with Gasteiger partial charge < -0.3 is 16.0 Å². The highest BCUT2D eigenvalue weighted by atomic mass is 16.2. The maximum atomic E-state index is 11.9. The van der Waals surface area contributed by atoms with E-state index in [-0.39, 0.29) is 25.9 Å². The molecule has 1 aliphatic heterocycles. The monoisotopic (exact) mass is 297 g/mol. The third-order valence-corrected chi connectivity index (χ3v) is 3.06. The van der Waals surface area contributed by atoms with Crippen LogP contribution in [0.5, 0.6) is 0 Å². The molecule has 9 heteroatoms. The first-order valence-electron chi connectivity index (χ1n) is 6.48. The zero-order valence-electron chi connectivity index (χ0n) is 11.6. The van der Waals surface area contributed by atoms with Crippen molar-refractivity contribution in [2.24, 2.45) is 5.73 Å². The summed E-state index contributed by atoms with van der Waals surface area (Å²) in [5.41, 5.74) is 4.94. The Morgan fingerprint density at radius 2 is 2.00 bits per heavy atom. The van der Waals surface area contributed by atoms with Crippen molar-refractivity contribution in [2.75, 3.05) is 19.6 Å². The fraction of sp³-hybridized carbons (Fsp3) is 0.583. The smallest absolute Gasteiger partial charge is 0.325 e. The quantitative estimate of drug-likeness (QED) is 0.555. The molecule has 1 aliphatic rings. The van der Waals surface area contributed by atoms with Gasteiger partial charge in [-0.05, 0) is 13.3 Å². The number of imide groups is 1. The summed E-state index contributed by atoms with van der Waals surface area (Å²) in [7, 11) is 0. The zero-order chi connectivity index (χ0) is 16.0. The van der Waals surface area contributed by atoms with E-state index < -0.39 is 29.8 Å². The normalized spacial score (nSPS) is 16.6. The summed E-state index contributed by atoms with van der Waals surface area (Å²) < 4.78 is 0. The molecule has 1 heterocycles. The summed E-state index contributed by atoms with van der Waals surface area (Å²) >= 11 is 0. The van der Waals surface area contributed by atoms with Gasteiger partial charge in [0.05, 0.1) is 6.04 Å². The first-order chi connectivity index (χ1) is 9.90. The second-order valence-corrected chi connectivity index (χ2v) is 4.47. The maximum absolute atomic E-state index is 11.9. The van der Waals surface area contributed by atoms with Crippen molar-refractivity contribution in [2.45, 2.75) is 25.8 Å². The minimum absolute atomic E-state index is 0.0123. The summed E-state index contributed by atoms with van der Waals surface area (Å²) in [6.07, 6.45) is 1.44. The average molecular weight is 297 g/mol. The van der Waals surface area contributed by atoms with Gasteiger partial charge in [0, 0.05) is 26.1 Å². The third-order valence-electron chi connectivity index (χ3n) is 3.06. The van der Waals surface area contributed by atoms with Crippen molar-refractivity contribution in [3.63, 3.8) is 0 Å². The van der Waals surface area contributed by atoms with Crippen molar-refractivity contribution in [1.29, 1.82) is 0 Å². The predicted octanol–water partition coefficient (Wildman–Crippen LogP) is -1.87. The van der Waals surface area contributed by atoms with Gasteiger partial charge in [-0.1, -0.05) is 0 Å². The SMILES string of the molecule is CCN1CCN(C(=O)NC([C]=O)CCC(N)=O)C(=O)C1=O. The standard InChI is InChI=1S/C12H17N4O5/c1-2-15-5-6-16(11(20)10(15)19)12(21)14-8(7-17)3-4-9(13)18/h8H,2-6H2,1H3,(H2,13,18)(H,14,21). The van der Waals surface area contributed by atoms with Crippen molar-refractivity contribution in [1.82, 2.24) is 15.1 Å². The number of hydrogen-bond acceptors (Lipinski definition) is 5. The summed E-state index contributed by atoms with van der Waals surface area (Å²) in [5.74, 6) is -2.32. The molecule has 1 fully saturated rings. The lowest BCUT2D eigenvalue weighted by atomic mass is 10.1. The van der Waals surface area contributed by atoms with Gasteiger partial charge in [0.25, 0.3) is 0 Å². The molecule has 1 rings (SSSR count). The Kier molecular flexibility index (Phi) is 5.82. The molecule has 0 aromatic heterocycles. The van der Waals surface area contributed by atoms with E-state index in [1.165, 1.54) is 4.90 Å². The highest BCUT2D eigenvalue weighted by Crippen LogP contribution is 2.06. The van der Waals surface area contributed by atoms with Crippen LogP contribution < -0.4 is 11.1 Å². The molecule has 1 radical (unpaired) electrons. The number of primary amides is 1. The van der Waals surface area contributed by atoms with Crippen molar-refractivity contribution in [3.8, 4) is 0 Å². The molecular formula is C12H17N4O5. The molecule has 1 unspecified atom stereocenters. The Balaban J connectivity index is 2.62. The van der Waals surface area contributed by atoms with Gasteiger partial charge in [-0.15, -0.1) is 0 Å². The van der Waals surface area contributed by atoms with Crippen LogP contribution in [0.1, 0.15) is 19.8 Å². The number of urea groups is 1. The summed E-state index contributed by atoms with van der Waals surface area (Å²) in [4.78, 5) is 58.7. The zero-order valence-corrected chi connectivity index (χ0v) is 11.6. The van der Waals surface area contributed by atoms with Gasteiger partial charge in [-0.3, -0.25) is 24.1 Å². The summed E-state index contributed by atoms with van der Waals surface area (Å²) in [6.45, 7) is 2.39. The lowest BCUT2D eigenvalue weighted by Gasteiger charge is -2.32. The van der Waals surface area contributed by atoms with Gasteiger partial charge >= 0.3 is 17.8 Å². The fourth-order valence-electron chi connectivity index (χ4n) is 1.84. The second kappa shape index (κ2) is 7.36. The van der Waals surface area contributed by atoms with E-state index in [0.717, 1.165) is 4.90 Å². The van der Waals surface area contributed by atoms with Gasteiger partial charge in [-0.25, -0.2) is 4.79 Å². The molecule has 0 saturated carbocycles. The van der Waals surface area contributed by atoms with E-state index in [1.807, 2.05) is 0 Å². The largest absolute Gasteiger partial charge is 0.370 e. The van der Waals surface area contributed by atoms with Crippen LogP contribution in [0, 0.1) is 0 Å². The van der Waals surface area contributed by atoms with E-state index in [1.54, 1.807) is 13.2 Å². The molecule has 0 spiro atoms. The van der Waals surface area contributed by atoms with Crippen LogP contribution in [0.4, 0.5) is 4.79 Å². The molecule has 5 amide bonds. The van der Waals surface area contributed by atoms with Crippen molar-refractivity contribution < 1.29 is 24.0 Å². The van der Waals surface area contributed by atoms with Gasteiger partial charge in [0.2, 0.25) is 12.2 Å². The number of rotatable bonds is 6. The first-order valence-corrected chi connectivity index (χ1v) is 6.48.